The Morgan fingerprint density at radius 3 is 2.86 bits per heavy atom. The molecule has 180 valence electrons. The first-order valence-corrected chi connectivity index (χ1v) is 11.9. The second-order valence-electron chi connectivity index (χ2n) is 8.77. The standard InChI is InChI=1S/C27H29N5O3/c1-18-13-20-14-21(6-7-23(20)31-18)35-27-22-16-25(34-2)19(15-24(22)29-17-30-27)5-8-26(33)28-9-12-32-10-3-4-11-32/h5-8,13-17,31H,3-4,9-12H2,1-2H3,(H,28,33)/b8-5+. The van der Waals surface area contributed by atoms with Crippen molar-refractivity contribution in [2.75, 3.05) is 33.3 Å². The van der Waals surface area contributed by atoms with Crippen LogP contribution in [-0.2, 0) is 4.79 Å². The molecule has 0 unspecified atom stereocenters. The lowest BCUT2D eigenvalue weighted by Gasteiger charge is -2.14. The third kappa shape index (κ3) is 5.27. The molecule has 0 saturated carbocycles. The fourth-order valence-corrected chi connectivity index (χ4v) is 4.46. The highest BCUT2D eigenvalue weighted by Gasteiger charge is 2.13. The second kappa shape index (κ2) is 10.1. The summed E-state index contributed by atoms with van der Waals surface area (Å²) in [6.45, 7) is 5.78. The lowest BCUT2D eigenvalue weighted by atomic mass is 10.1. The van der Waals surface area contributed by atoms with E-state index in [0.717, 1.165) is 47.2 Å². The maximum Gasteiger partial charge on any atom is 0.244 e. The minimum Gasteiger partial charge on any atom is -0.496 e. The number of aromatic amines is 1. The van der Waals surface area contributed by atoms with E-state index in [2.05, 4.69) is 31.2 Å². The number of likely N-dealkylation sites (tertiary alicyclic amines) is 1. The van der Waals surface area contributed by atoms with Crippen molar-refractivity contribution in [3.8, 4) is 17.4 Å². The third-order valence-corrected chi connectivity index (χ3v) is 6.23. The molecule has 4 aromatic rings. The zero-order valence-electron chi connectivity index (χ0n) is 20.0. The molecule has 1 aliphatic rings. The molecule has 2 aromatic heterocycles. The minimum absolute atomic E-state index is 0.131. The second-order valence-corrected chi connectivity index (χ2v) is 8.77. The van der Waals surface area contributed by atoms with Crippen LogP contribution in [0.1, 0.15) is 24.1 Å². The van der Waals surface area contributed by atoms with Gasteiger partial charge in [0.2, 0.25) is 11.8 Å². The van der Waals surface area contributed by atoms with E-state index < -0.39 is 0 Å². The van der Waals surface area contributed by atoms with Gasteiger partial charge in [0.05, 0.1) is 18.0 Å². The number of ether oxygens (including phenoxy) is 2. The monoisotopic (exact) mass is 471 g/mol. The number of carbonyl (C=O) groups is 1. The molecule has 0 atom stereocenters. The number of H-pyrrole nitrogens is 1. The van der Waals surface area contributed by atoms with Crippen LogP contribution >= 0.6 is 0 Å². The number of aromatic nitrogens is 3. The van der Waals surface area contributed by atoms with E-state index in [1.807, 2.05) is 37.3 Å². The molecule has 1 amide bonds. The maximum atomic E-state index is 12.3. The quantitative estimate of drug-likeness (QED) is 0.369. The topological polar surface area (TPSA) is 92.4 Å². The molecule has 0 aliphatic carbocycles. The molecule has 0 spiro atoms. The van der Waals surface area contributed by atoms with Gasteiger partial charge >= 0.3 is 0 Å². The van der Waals surface area contributed by atoms with Crippen molar-refractivity contribution in [3.05, 3.63) is 60.1 Å². The van der Waals surface area contributed by atoms with Crippen molar-refractivity contribution >= 4 is 33.8 Å². The van der Waals surface area contributed by atoms with E-state index in [-0.39, 0.29) is 5.91 Å². The average Bonchev–Trinajstić information content (AvgIpc) is 3.51. The highest BCUT2D eigenvalue weighted by atomic mass is 16.5. The summed E-state index contributed by atoms with van der Waals surface area (Å²) in [6, 6.07) is 11.7. The van der Waals surface area contributed by atoms with Crippen LogP contribution in [-0.4, -0.2) is 59.0 Å². The number of nitrogens with one attached hydrogen (secondary N) is 2. The number of hydrogen-bond donors (Lipinski definition) is 2. The Balaban J connectivity index is 1.33. The van der Waals surface area contributed by atoms with E-state index in [0.29, 0.717) is 29.4 Å². The number of fused-ring (bicyclic) bond motifs is 2. The molecular weight excluding hydrogens is 442 g/mol. The summed E-state index contributed by atoms with van der Waals surface area (Å²) in [5.74, 6) is 1.60. The van der Waals surface area contributed by atoms with E-state index >= 15 is 0 Å². The number of nitrogens with zero attached hydrogens (tertiary/aromatic N) is 3. The van der Waals surface area contributed by atoms with Crippen LogP contribution in [0.3, 0.4) is 0 Å². The highest BCUT2D eigenvalue weighted by molar-refractivity contribution is 5.94. The van der Waals surface area contributed by atoms with Gasteiger partial charge in [0.25, 0.3) is 0 Å². The molecule has 0 radical (unpaired) electrons. The zero-order chi connectivity index (χ0) is 24.2. The first-order valence-electron chi connectivity index (χ1n) is 11.9. The summed E-state index contributed by atoms with van der Waals surface area (Å²) in [4.78, 5) is 26.7. The SMILES string of the molecule is COc1cc2c(Oc3ccc4[nH]c(C)cc4c3)ncnc2cc1/C=C/C(=O)NCCN1CCCC1. The Labute approximate surface area is 204 Å². The molecule has 5 rings (SSSR count). The number of amides is 1. The summed E-state index contributed by atoms with van der Waals surface area (Å²) in [7, 11) is 1.60. The lowest BCUT2D eigenvalue weighted by molar-refractivity contribution is -0.116. The van der Waals surface area contributed by atoms with Crippen LogP contribution in [0.2, 0.25) is 0 Å². The predicted molar refractivity (Wildman–Crippen MR) is 137 cm³/mol. The number of benzene rings is 2. The van der Waals surface area contributed by atoms with Crippen molar-refractivity contribution in [3.63, 3.8) is 0 Å². The highest BCUT2D eigenvalue weighted by Crippen LogP contribution is 2.33. The van der Waals surface area contributed by atoms with Gasteiger partial charge in [-0.3, -0.25) is 4.79 Å². The lowest BCUT2D eigenvalue weighted by Crippen LogP contribution is -2.32. The van der Waals surface area contributed by atoms with Gasteiger partial charge in [-0.25, -0.2) is 9.97 Å². The molecule has 1 fully saturated rings. The van der Waals surface area contributed by atoms with Gasteiger partial charge in [-0.2, -0.15) is 0 Å². The van der Waals surface area contributed by atoms with E-state index in [4.69, 9.17) is 9.47 Å². The summed E-state index contributed by atoms with van der Waals surface area (Å²) in [6.07, 6.45) is 7.23. The van der Waals surface area contributed by atoms with Crippen LogP contribution in [0.15, 0.2) is 48.8 Å². The first-order chi connectivity index (χ1) is 17.1. The Morgan fingerprint density at radius 2 is 2.03 bits per heavy atom. The first kappa shape index (κ1) is 22.9. The molecule has 1 saturated heterocycles. The van der Waals surface area contributed by atoms with Crippen molar-refractivity contribution in [1.82, 2.24) is 25.2 Å². The number of methoxy groups -OCH3 is 1. The number of rotatable bonds is 8. The van der Waals surface area contributed by atoms with E-state index in [1.165, 1.54) is 25.2 Å². The Kier molecular flexibility index (Phi) is 6.63. The van der Waals surface area contributed by atoms with Gasteiger partial charge in [0, 0.05) is 41.3 Å². The largest absolute Gasteiger partial charge is 0.496 e. The molecule has 8 heteroatoms. The van der Waals surface area contributed by atoms with Gasteiger partial charge in [-0.05, 0) is 75.3 Å². The predicted octanol–water partition coefficient (Wildman–Crippen LogP) is 4.45. The van der Waals surface area contributed by atoms with Crippen molar-refractivity contribution in [1.29, 1.82) is 0 Å². The van der Waals surface area contributed by atoms with Crippen molar-refractivity contribution < 1.29 is 14.3 Å². The summed E-state index contributed by atoms with van der Waals surface area (Å²) in [5.41, 5.74) is 3.60. The molecule has 1 aliphatic heterocycles. The van der Waals surface area contributed by atoms with Crippen molar-refractivity contribution in [2.24, 2.45) is 0 Å². The third-order valence-electron chi connectivity index (χ3n) is 6.23. The van der Waals surface area contributed by atoms with Gasteiger partial charge < -0.3 is 24.7 Å². The molecule has 0 bridgehead atoms. The average molecular weight is 472 g/mol. The van der Waals surface area contributed by atoms with Crippen LogP contribution in [0.5, 0.6) is 17.4 Å². The maximum absolute atomic E-state index is 12.3. The Bertz CT molecular complexity index is 1390. The summed E-state index contributed by atoms with van der Waals surface area (Å²) in [5, 5.41) is 4.74. The van der Waals surface area contributed by atoms with Gasteiger partial charge in [0.1, 0.15) is 17.8 Å². The molecule has 2 aromatic carbocycles. The van der Waals surface area contributed by atoms with Crippen LogP contribution in [0.4, 0.5) is 0 Å². The van der Waals surface area contributed by atoms with Crippen LogP contribution < -0.4 is 14.8 Å². The molecule has 35 heavy (non-hydrogen) atoms. The van der Waals surface area contributed by atoms with Gasteiger partial charge in [0.15, 0.2) is 0 Å². The van der Waals surface area contributed by atoms with Crippen molar-refractivity contribution in [2.45, 2.75) is 19.8 Å². The normalized spacial score (nSPS) is 14.2. The van der Waals surface area contributed by atoms with E-state index in [1.54, 1.807) is 13.2 Å². The molecule has 3 heterocycles. The number of aryl methyl sites for hydroxylation is 1. The van der Waals surface area contributed by atoms with Crippen LogP contribution in [0.25, 0.3) is 27.9 Å². The smallest absolute Gasteiger partial charge is 0.244 e. The molecular formula is C27H29N5O3. The van der Waals surface area contributed by atoms with Gasteiger partial charge in [-0.1, -0.05) is 0 Å². The molecule has 2 N–H and O–H groups in total. The summed E-state index contributed by atoms with van der Waals surface area (Å²) < 4.78 is 11.7. The fourth-order valence-electron chi connectivity index (χ4n) is 4.46. The van der Waals surface area contributed by atoms with E-state index in [9.17, 15) is 4.79 Å². The zero-order valence-corrected chi connectivity index (χ0v) is 20.0. The Hall–Kier alpha value is -3.91. The number of hydrogen-bond acceptors (Lipinski definition) is 6. The fraction of sp³-hybridized carbons (Fsp3) is 0.296. The Morgan fingerprint density at radius 1 is 1.17 bits per heavy atom. The van der Waals surface area contributed by atoms with Gasteiger partial charge in [-0.15, -0.1) is 0 Å². The summed E-state index contributed by atoms with van der Waals surface area (Å²) >= 11 is 0. The van der Waals surface area contributed by atoms with Crippen LogP contribution in [0, 0.1) is 6.92 Å². The molecule has 8 nitrogen and oxygen atoms in total. The minimum atomic E-state index is -0.131. The number of carbonyl (C=O) groups excluding carboxylic acids is 1.